The summed E-state index contributed by atoms with van der Waals surface area (Å²) >= 11 is 0. The highest BCUT2D eigenvalue weighted by Crippen LogP contribution is 2.38. The quantitative estimate of drug-likeness (QED) is 0.387. The molecule has 1 fully saturated rings. The van der Waals surface area contributed by atoms with E-state index in [4.69, 9.17) is 10.8 Å². The van der Waals surface area contributed by atoms with E-state index < -0.39 is 0 Å². The molecule has 2 aliphatic rings. The molecule has 2 aromatic rings. The Bertz CT molecular complexity index is 970. The van der Waals surface area contributed by atoms with Crippen LogP contribution >= 0.6 is 0 Å². The van der Waals surface area contributed by atoms with Gasteiger partial charge < -0.3 is 5.73 Å². The number of hydrogen-bond donors (Lipinski definition) is 1. The van der Waals surface area contributed by atoms with Gasteiger partial charge in [0.15, 0.2) is 0 Å². The second kappa shape index (κ2) is 11.5. The number of hydrazone groups is 1. The zero-order valence-corrected chi connectivity index (χ0v) is 20.9. The minimum atomic E-state index is -0.0553. The number of urea groups is 1. The Balaban J connectivity index is 1.85. The molecule has 2 aromatic carbocycles. The molecule has 1 saturated carbocycles. The van der Waals surface area contributed by atoms with Gasteiger partial charge in [-0.05, 0) is 56.0 Å². The molecule has 182 valence electrons. The van der Waals surface area contributed by atoms with Crippen molar-refractivity contribution in [3.63, 3.8) is 0 Å². The molecule has 1 aliphatic carbocycles. The van der Waals surface area contributed by atoms with Gasteiger partial charge in [0.1, 0.15) is 0 Å². The van der Waals surface area contributed by atoms with E-state index in [2.05, 4.69) is 32.0 Å². The van der Waals surface area contributed by atoms with Crippen molar-refractivity contribution >= 4 is 28.8 Å². The molecule has 34 heavy (non-hydrogen) atoms. The lowest BCUT2D eigenvalue weighted by molar-refractivity contribution is 0.175. The van der Waals surface area contributed by atoms with Gasteiger partial charge in [0, 0.05) is 17.2 Å². The van der Waals surface area contributed by atoms with Crippen molar-refractivity contribution in [3.8, 4) is 0 Å². The number of nitrogens with two attached hydrogens (primary N) is 1. The normalized spacial score (nSPS) is 17.0. The number of para-hydroxylation sites is 1. The van der Waals surface area contributed by atoms with Crippen molar-refractivity contribution < 1.29 is 4.79 Å². The van der Waals surface area contributed by atoms with E-state index in [9.17, 15) is 4.79 Å². The molecule has 1 aliphatic heterocycles. The molecule has 5 nitrogen and oxygen atoms in total. The number of carbonyl (C=O) groups is 1. The average molecular weight is 461 g/mol. The summed E-state index contributed by atoms with van der Waals surface area (Å²) in [5, 5.41) is 7.11. The van der Waals surface area contributed by atoms with Gasteiger partial charge in [-0.25, -0.2) is 9.80 Å². The van der Waals surface area contributed by atoms with Gasteiger partial charge in [0.05, 0.1) is 23.1 Å². The maximum Gasteiger partial charge on any atom is 0.349 e. The third-order valence-electron chi connectivity index (χ3n) is 7.29. The van der Waals surface area contributed by atoms with E-state index in [0.717, 1.165) is 74.0 Å². The first kappa shape index (κ1) is 24.3. The third-order valence-corrected chi connectivity index (χ3v) is 7.29. The number of nitrogens with zero attached hydrogens (tertiary/aromatic N) is 3. The number of anilines is 3. The van der Waals surface area contributed by atoms with Crippen LogP contribution in [0.2, 0.25) is 0 Å². The first-order valence-corrected chi connectivity index (χ1v) is 13.3. The minimum Gasteiger partial charge on any atom is -0.399 e. The summed E-state index contributed by atoms with van der Waals surface area (Å²) in [7, 11) is 0. The Kier molecular flexibility index (Phi) is 8.25. The Labute approximate surface area is 205 Å². The highest BCUT2D eigenvalue weighted by molar-refractivity contribution is 6.13. The molecule has 4 rings (SSSR count). The molecule has 0 aromatic heterocycles. The fraction of sp³-hybridized carbons (Fsp3) is 0.517. The van der Waals surface area contributed by atoms with Crippen LogP contribution in [0, 0.1) is 5.92 Å². The molecule has 0 bridgehead atoms. The Morgan fingerprint density at radius 3 is 2.24 bits per heavy atom. The molecule has 2 N–H and O–H groups in total. The highest BCUT2D eigenvalue weighted by atomic mass is 16.2. The number of carbonyl (C=O) groups excluding carboxylic acids is 1. The summed E-state index contributed by atoms with van der Waals surface area (Å²) in [6, 6.07) is 16.0. The molecule has 0 atom stereocenters. The third kappa shape index (κ3) is 5.29. The summed E-state index contributed by atoms with van der Waals surface area (Å²) in [5.74, 6) is 0.398. The topological polar surface area (TPSA) is 61.9 Å². The van der Waals surface area contributed by atoms with Crippen molar-refractivity contribution in [2.45, 2.75) is 90.5 Å². The Morgan fingerprint density at radius 2 is 1.59 bits per heavy atom. The highest BCUT2D eigenvalue weighted by Gasteiger charge is 2.36. The molecule has 0 spiro atoms. The van der Waals surface area contributed by atoms with Crippen LogP contribution in [-0.4, -0.2) is 22.8 Å². The van der Waals surface area contributed by atoms with E-state index >= 15 is 0 Å². The smallest absolute Gasteiger partial charge is 0.349 e. The van der Waals surface area contributed by atoms with Gasteiger partial charge in [-0.15, -0.1) is 0 Å². The molecule has 0 radical (unpaired) electrons. The van der Waals surface area contributed by atoms with Crippen molar-refractivity contribution in [1.29, 1.82) is 0 Å². The van der Waals surface area contributed by atoms with Crippen LogP contribution in [0.15, 0.2) is 53.6 Å². The van der Waals surface area contributed by atoms with Crippen LogP contribution in [-0.2, 0) is 0 Å². The maximum absolute atomic E-state index is 14.3. The number of rotatable bonds is 9. The standard InChI is InChI=1S/C29H40N4O/c1-3-5-14-25(15-6-4-2)33-29(34)32(24-20-18-23(30)19-21-24)27-17-11-10-16-26(27)28(31-33)22-12-8-7-9-13-22/h10-11,16-22,25H,3-9,12-15,30H2,1-2H3. The predicted molar refractivity (Wildman–Crippen MR) is 143 cm³/mol. The van der Waals surface area contributed by atoms with Gasteiger partial charge >= 0.3 is 6.03 Å². The van der Waals surface area contributed by atoms with Gasteiger partial charge in [0.25, 0.3) is 0 Å². The molecular formula is C29H40N4O. The summed E-state index contributed by atoms with van der Waals surface area (Å²) < 4.78 is 0. The van der Waals surface area contributed by atoms with E-state index in [1.54, 1.807) is 0 Å². The van der Waals surface area contributed by atoms with Gasteiger partial charge in [-0.1, -0.05) is 77.0 Å². The van der Waals surface area contributed by atoms with Gasteiger partial charge in [-0.2, -0.15) is 5.10 Å². The predicted octanol–water partition coefficient (Wildman–Crippen LogP) is 7.88. The van der Waals surface area contributed by atoms with Crippen LogP contribution in [0.3, 0.4) is 0 Å². The number of hydrogen-bond acceptors (Lipinski definition) is 3. The second-order valence-corrected chi connectivity index (χ2v) is 9.83. The zero-order chi connectivity index (χ0) is 23.9. The van der Waals surface area contributed by atoms with Crippen molar-refractivity contribution in [3.05, 3.63) is 54.1 Å². The van der Waals surface area contributed by atoms with Crippen LogP contribution in [0.4, 0.5) is 21.9 Å². The Morgan fingerprint density at radius 1 is 0.941 bits per heavy atom. The molecule has 2 amide bonds. The van der Waals surface area contributed by atoms with Gasteiger partial charge in [0.2, 0.25) is 0 Å². The number of amides is 2. The molecule has 5 heteroatoms. The number of unbranched alkanes of at least 4 members (excludes halogenated alkanes) is 2. The van der Waals surface area contributed by atoms with Crippen molar-refractivity contribution in [2.24, 2.45) is 11.0 Å². The monoisotopic (exact) mass is 460 g/mol. The van der Waals surface area contributed by atoms with E-state index in [1.807, 2.05) is 40.2 Å². The first-order valence-electron chi connectivity index (χ1n) is 13.3. The summed E-state index contributed by atoms with van der Waals surface area (Å²) in [6.45, 7) is 4.43. The van der Waals surface area contributed by atoms with Crippen LogP contribution < -0.4 is 10.6 Å². The Hall–Kier alpha value is -2.82. The number of fused-ring (bicyclic) bond motifs is 1. The molecular weight excluding hydrogens is 420 g/mol. The van der Waals surface area contributed by atoms with Crippen molar-refractivity contribution in [1.82, 2.24) is 5.01 Å². The minimum absolute atomic E-state index is 0.0553. The van der Waals surface area contributed by atoms with E-state index in [1.165, 1.54) is 19.3 Å². The van der Waals surface area contributed by atoms with Crippen LogP contribution in [0.25, 0.3) is 0 Å². The number of nitrogen functional groups attached to an aromatic ring is 1. The maximum atomic E-state index is 14.3. The van der Waals surface area contributed by atoms with E-state index in [-0.39, 0.29) is 12.1 Å². The lowest BCUT2D eigenvalue weighted by atomic mass is 9.83. The summed E-state index contributed by atoms with van der Waals surface area (Å²) in [6.07, 6.45) is 12.4. The molecule has 0 unspecified atom stereocenters. The van der Waals surface area contributed by atoms with Crippen molar-refractivity contribution in [2.75, 3.05) is 10.6 Å². The van der Waals surface area contributed by atoms with Crippen LogP contribution in [0.5, 0.6) is 0 Å². The molecule has 0 saturated heterocycles. The fourth-order valence-corrected chi connectivity index (χ4v) is 5.36. The lowest BCUT2D eigenvalue weighted by Crippen LogP contribution is -2.43. The largest absolute Gasteiger partial charge is 0.399 e. The fourth-order valence-electron chi connectivity index (χ4n) is 5.36. The molecule has 1 heterocycles. The van der Waals surface area contributed by atoms with Crippen LogP contribution in [0.1, 0.15) is 90.0 Å². The average Bonchev–Trinajstić information content (AvgIpc) is 3.00. The summed E-state index contributed by atoms with van der Waals surface area (Å²) in [4.78, 5) is 16.2. The van der Waals surface area contributed by atoms with E-state index in [0.29, 0.717) is 11.6 Å². The van der Waals surface area contributed by atoms with Gasteiger partial charge in [-0.3, -0.25) is 4.90 Å². The zero-order valence-electron chi connectivity index (χ0n) is 20.9. The second-order valence-electron chi connectivity index (χ2n) is 9.83. The number of benzene rings is 2. The SMILES string of the molecule is CCCCC(CCCC)N1N=C(C2CCCCC2)c2ccccc2N(c2ccc(N)cc2)C1=O. The summed E-state index contributed by atoms with van der Waals surface area (Å²) in [5.41, 5.74) is 10.6. The lowest BCUT2D eigenvalue weighted by Gasteiger charge is -2.32. The first-order chi connectivity index (χ1) is 16.6.